The molecule has 0 saturated carbocycles. The van der Waals surface area contributed by atoms with Gasteiger partial charge in [-0.1, -0.05) is 188 Å². The van der Waals surface area contributed by atoms with Gasteiger partial charge in [-0.05, 0) is 145 Å². The van der Waals surface area contributed by atoms with Crippen LogP contribution in [0, 0.1) is 11.3 Å². The molecule has 342 valence electrons. The molecule has 0 bridgehead atoms. The Morgan fingerprint density at radius 2 is 0.726 bits per heavy atom. The van der Waals surface area contributed by atoms with Crippen LogP contribution in [0.25, 0.3) is 88.0 Å². The summed E-state index contributed by atoms with van der Waals surface area (Å²) >= 11 is 0. The van der Waals surface area contributed by atoms with Gasteiger partial charge in [-0.25, -0.2) is 0 Å². The van der Waals surface area contributed by atoms with Crippen molar-refractivity contribution >= 4 is 77.6 Å². The number of para-hydroxylation sites is 3. The highest BCUT2D eigenvalue weighted by Gasteiger charge is 2.21. The molecule has 0 spiro atoms. The predicted octanol–water partition coefficient (Wildman–Crippen LogP) is 19.4. The lowest BCUT2D eigenvalue weighted by Gasteiger charge is -2.30. The van der Waals surface area contributed by atoms with Gasteiger partial charge in [0.25, 0.3) is 0 Å². The number of hydrogen-bond donors (Lipinski definition) is 0. The highest BCUT2D eigenvalue weighted by Crippen LogP contribution is 2.45. The first-order valence-electron chi connectivity index (χ1n) is 24.6. The summed E-state index contributed by atoms with van der Waals surface area (Å²) in [6.45, 7) is 0. The van der Waals surface area contributed by atoms with Crippen molar-refractivity contribution < 1.29 is 4.42 Å². The number of benzene rings is 12. The lowest BCUT2D eigenvalue weighted by atomic mass is 9.96. The monoisotopic (exact) mass is 931 g/mol. The van der Waals surface area contributed by atoms with Crippen molar-refractivity contribution in [2.75, 3.05) is 9.80 Å². The van der Waals surface area contributed by atoms with E-state index in [0.717, 1.165) is 83.9 Å². The second-order valence-electron chi connectivity index (χ2n) is 18.4. The summed E-state index contributed by atoms with van der Waals surface area (Å²) in [5.41, 5.74) is 17.0. The summed E-state index contributed by atoms with van der Waals surface area (Å²) in [4.78, 5) is 4.71. The maximum absolute atomic E-state index is 10.1. The maximum Gasteiger partial charge on any atom is 0.144 e. The third kappa shape index (κ3) is 7.92. The standard InChI is InChI=1S/C69H45N3O/c70-46-53-37-42-65(69-68(53)66-25-11-12-28-67(66)73-69)52-31-29-47(30-32-52)54-43-59(71(55-19-3-1-4-20-55)57-38-33-50(34-39-57)63-26-13-17-48-15-7-9-23-61(48)63)45-60(44-54)72(56-21-5-2-6-22-56)58-40-35-51(36-41-58)64-27-14-18-49-16-8-10-24-62(49)64/h1-45H. The minimum atomic E-state index is 0.599. The largest absolute Gasteiger partial charge is 0.455 e. The zero-order valence-corrected chi connectivity index (χ0v) is 39.7. The van der Waals surface area contributed by atoms with Gasteiger partial charge < -0.3 is 14.2 Å². The predicted molar refractivity (Wildman–Crippen MR) is 305 cm³/mol. The van der Waals surface area contributed by atoms with Crippen LogP contribution in [0.15, 0.2) is 277 Å². The molecule has 1 aromatic heterocycles. The first-order valence-corrected chi connectivity index (χ1v) is 24.6. The summed E-state index contributed by atoms with van der Waals surface area (Å²) < 4.78 is 6.49. The van der Waals surface area contributed by atoms with Gasteiger partial charge in [0, 0.05) is 50.5 Å². The Labute approximate surface area is 424 Å². The van der Waals surface area contributed by atoms with E-state index in [1.54, 1.807) is 0 Å². The van der Waals surface area contributed by atoms with Crippen LogP contribution in [-0.2, 0) is 0 Å². The van der Waals surface area contributed by atoms with Crippen LogP contribution in [-0.4, -0.2) is 0 Å². The van der Waals surface area contributed by atoms with Gasteiger partial charge in [-0.3, -0.25) is 0 Å². The Morgan fingerprint density at radius 1 is 0.301 bits per heavy atom. The minimum Gasteiger partial charge on any atom is -0.455 e. The zero-order valence-electron chi connectivity index (χ0n) is 39.7. The fourth-order valence-corrected chi connectivity index (χ4v) is 10.6. The van der Waals surface area contributed by atoms with Gasteiger partial charge >= 0.3 is 0 Å². The van der Waals surface area contributed by atoms with E-state index in [0.29, 0.717) is 11.1 Å². The second kappa shape index (κ2) is 18.4. The van der Waals surface area contributed by atoms with E-state index in [2.05, 4.69) is 252 Å². The number of hydrogen-bond acceptors (Lipinski definition) is 4. The van der Waals surface area contributed by atoms with Crippen molar-refractivity contribution in [2.45, 2.75) is 0 Å². The number of rotatable bonds is 10. The number of nitriles is 1. The van der Waals surface area contributed by atoms with Crippen LogP contribution in [0.1, 0.15) is 5.56 Å². The molecule has 4 heteroatoms. The Kier molecular flexibility index (Phi) is 10.9. The number of fused-ring (bicyclic) bond motifs is 5. The number of nitrogens with zero attached hydrogens (tertiary/aromatic N) is 3. The van der Waals surface area contributed by atoms with Crippen molar-refractivity contribution in [1.82, 2.24) is 0 Å². The van der Waals surface area contributed by atoms with E-state index >= 15 is 0 Å². The van der Waals surface area contributed by atoms with Crippen LogP contribution in [0.4, 0.5) is 34.1 Å². The average molecular weight is 932 g/mol. The summed E-state index contributed by atoms with van der Waals surface area (Å²) in [6.07, 6.45) is 0. The molecule has 0 radical (unpaired) electrons. The fourth-order valence-electron chi connectivity index (χ4n) is 10.6. The molecule has 0 aliphatic rings. The first kappa shape index (κ1) is 43.1. The smallest absolute Gasteiger partial charge is 0.144 e. The Morgan fingerprint density at radius 3 is 1.26 bits per heavy atom. The average Bonchev–Trinajstić information content (AvgIpc) is 3.86. The lowest BCUT2D eigenvalue weighted by Crippen LogP contribution is -2.13. The third-order valence-corrected chi connectivity index (χ3v) is 14.1. The van der Waals surface area contributed by atoms with Crippen LogP contribution < -0.4 is 9.80 Å². The molecular formula is C69H45N3O. The molecular weight excluding hydrogens is 887 g/mol. The van der Waals surface area contributed by atoms with E-state index in [9.17, 15) is 5.26 Å². The fraction of sp³-hybridized carbons (Fsp3) is 0. The van der Waals surface area contributed by atoms with Crippen LogP contribution in [0.5, 0.6) is 0 Å². The zero-order chi connectivity index (χ0) is 48.7. The topological polar surface area (TPSA) is 43.4 Å². The molecule has 0 atom stereocenters. The van der Waals surface area contributed by atoms with E-state index < -0.39 is 0 Å². The van der Waals surface area contributed by atoms with Crippen molar-refractivity contribution in [3.05, 3.63) is 279 Å². The van der Waals surface area contributed by atoms with E-state index in [1.807, 2.05) is 36.4 Å². The molecule has 0 aliphatic carbocycles. The molecule has 0 aliphatic heterocycles. The maximum atomic E-state index is 10.1. The molecule has 13 aromatic rings. The molecule has 73 heavy (non-hydrogen) atoms. The SMILES string of the molecule is N#Cc1ccc(-c2ccc(-c3cc(N(c4ccccc4)c4ccc(-c5cccc6ccccc56)cc4)cc(N(c4ccccc4)c4ccc(-c5cccc6ccccc56)cc4)c3)cc2)c2oc3ccccc3c12. The van der Waals surface area contributed by atoms with Gasteiger partial charge in [0.1, 0.15) is 11.2 Å². The van der Waals surface area contributed by atoms with Crippen LogP contribution in [0.2, 0.25) is 0 Å². The van der Waals surface area contributed by atoms with Crippen molar-refractivity contribution in [1.29, 1.82) is 5.26 Å². The van der Waals surface area contributed by atoms with E-state index in [1.165, 1.54) is 32.7 Å². The molecule has 0 unspecified atom stereocenters. The van der Waals surface area contributed by atoms with Gasteiger partial charge in [0.15, 0.2) is 0 Å². The summed E-state index contributed by atoms with van der Waals surface area (Å²) in [5, 5.41) is 16.8. The van der Waals surface area contributed by atoms with Gasteiger partial charge in [0.05, 0.1) is 11.6 Å². The normalized spacial score (nSPS) is 11.3. The van der Waals surface area contributed by atoms with Crippen LogP contribution >= 0.6 is 0 Å². The molecule has 0 saturated heterocycles. The van der Waals surface area contributed by atoms with Crippen molar-refractivity contribution in [2.24, 2.45) is 0 Å². The van der Waals surface area contributed by atoms with Crippen molar-refractivity contribution in [3.63, 3.8) is 0 Å². The number of anilines is 6. The van der Waals surface area contributed by atoms with Crippen LogP contribution in [0.3, 0.4) is 0 Å². The minimum absolute atomic E-state index is 0.599. The highest BCUT2D eigenvalue weighted by molar-refractivity contribution is 6.12. The third-order valence-electron chi connectivity index (χ3n) is 14.1. The number of furan rings is 1. The molecule has 0 fully saturated rings. The van der Waals surface area contributed by atoms with Gasteiger partial charge in [0.2, 0.25) is 0 Å². The molecule has 0 N–H and O–H groups in total. The van der Waals surface area contributed by atoms with E-state index in [-0.39, 0.29) is 0 Å². The summed E-state index contributed by atoms with van der Waals surface area (Å²) in [5.74, 6) is 0. The Hall–Kier alpha value is -9.95. The molecule has 12 aromatic carbocycles. The summed E-state index contributed by atoms with van der Waals surface area (Å²) in [7, 11) is 0. The molecule has 13 rings (SSSR count). The Bertz CT molecular complexity index is 4000. The molecule has 1 heterocycles. The Balaban J connectivity index is 0.977. The second-order valence-corrected chi connectivity index (χ2v) is 18.4. The summed E-state index contributed by atoms with van der Waals surface area (Å²) in [6, 6.07) is 99.3. The lowest BCUT2D eigenvalue weighted by molar-refractivity contribution is 0.670. The van der Waals surface area contributed by atoms with Gasteiger partial charge in [-0.2, -0.15) is 5.26 Å². The quantitative estimate of drug-likeness (QED) is 0.137. The first-order chi connectivity index (χ1) is 36.1. The van der Waals surface area contributed by atoms with Crippen molar-refractivity contribution in [3.8, 4) is 50.6 Å². The highest BCUT2D eigenvalue weighted by atomic mass is 16.3. The molecule has 4 nitrogen and oxygen atoms in total. The molecule has 0 amide bonds. The van der Waals surface area contributed by atoms with Gasteiger partial charge in [-0.15, -0.1) is 0 Å². The van der Waals surface area contributed by atoms with E-state index in [4.69, 9.17) is 4.42 Å².